The summed E-state index contributed by atoms with van der Waals surface area (Å²) in [7, 11) is 0. The lowest BCUT2D eigenvalue weighted by Crippen LogP contribution is -2.61. The quantitative estimate of drug-likeness (QED) is 0.140. The molecule has 234 valence electrons. The first-order valence-corrected chi connectivity index (χ1v) is 13.0. The zero-order chi connectivity index (χ0) is 31.3. The number of aromatic hydroxyl groups is 4. The lowest BCUT2D eigenvalue weighted by molar-refractivity contribution is -0.318. The van der Waals surface area contributed by atoms with E-state index in [1.165, 1.54) is 13.0 Å². The van der Waals surface area contributed by atoms with Crippen molar-refractivity contribution < 1.29 is 74.4 Å². The summed E-state index contributed by atoms with van der Waals surface area (Å²) in [6.07, 6.45) is -16.2. The number of phenols is 4. The first-order chi connectivity index (χ1) is 20.3. The Kier molecular flexibility index (Phi) is 8.41. The van der Waals surface area contributed by atoms with Gasteiger partial charge >= 0.3 is 0 Å². The third kappa shape index (κ3) is 5.67. The molecule has 43 heavy (non-hydrogen) atoms. The standard InChI is InChI=1S/C27H30O16/c1-8-17(32)20(35)22(37)26(40-8)39-7-15-18(33)21(36)23(38)27(42-15)43-25-19(34)16-13(31)5-10(28)6-14(16)41-24(25)9-2-3-11(29)12(30)4-9/h2-6,8,15,17-18,20-23,26-33,35-38H,7H2,1H3/t8?,15?,17?,18?,20?,21?,22?,23?,26?,27-/m1/s1. The highest BCUT2D eigenvalue weighted by molar-refractivity contribution is 5.88. The summed E-state index contributed by atoms with van der Waals surface area (Å²) in [5.74, 6) is -3.33. The molecule has 10 N–H and O–H groups in total. The molecule has 2 aromatic carbocycles. The van der Waals surface area contributed by atoms with E-state index in [-0.39, 0.29) is 11.1 Å². The highest BCUT2D eigenvalue weighted by atomic mass is 16.7. The van der Waals surface area contributed by atoms with Crippen LogP contribution in [0.2, 0.25) is 0 Å². The van der Waals surface area contributed by atoms with Crippen molar-refractivity contribution in [3.63, 3.8) is 0 Å². The number of aliphatic hydroxyl groups is 6. The average molecular weight is 611 g/mol. The number of hydrogen-bond donors (Lipinski definition) is 10. The molecule has 1 aromatic heterocycles. The van der Waals surface area contributed by atoms with Crippen LogP contribution in [0.15, 0.2) is 39.5 Å². The van der Waals surface area contributed by atoms with E-state index >= 15 is 0 Å². The molecule has 0 spiro atoms. The number of rotatable bonds is 6. The van der Waals surface area contributed by atoms with Gasteiger partial charge in [-0.05, 0) is 25.1 Å². The fourth-order valence-corrected chi connectivity index (χ4v) is 4.84. The normalized spacial score (nSPS) is 33.0. The van der Waals surface area contributed by atoms with E-state index in [1.807, 2.05) is 0 Å². The molecule has 9 unspecified atom stereocenters. The van der Waals surface area contributed by atoms with Crippen LogP contribution >= 0.6 is 0 Å². The molecule has 10 atom stereocenters. The van der Waals surface area contributed by atoms with Crippen LogP contribution < -0.4 is 10.2 Å². The fraction of sp³-hybridized carbons (Fsp3) is 0.444. The molecule has 2 aliphatic heterocycles. The van der Waals surface area contributed by atoms with E-state index in [1.54, 1.807) is 0 Å². The van der Waals surface area contributed by atoms with Gasteiger partial charge in [0.15, 0.2) is 23.5 Å². The van der Waals surface area contributed by atoms with Crippen LogP contribution in [0.5, 0.6) is 28.7 Å². The number of fused-ring (bicyclic) bond motifs is 1. The summed E-state index contributed by atoms with van der Waals surface area (Å²) in [5.41, 5.74) is -1.35. The third-order valence-electron chi connectivity index (χ3n) is 7.29. The Balaban J connectivity index is 1.48. The Morgan fingerprint density at radius 2 is 1.42 bits per heavy atom. The zero-order valence-corrected chi connectivity index (χ0v) is 22.3. The first-order valence-electron chi connectivity index (χ1n) is 13.0. The summed E-state index contributed by atoms with van der Waals surface area (Å²) >= 11 is 0. The summed E-state index contributed by atoms with van der Waals surface area (Å²) in [6, 6.07) is 5.24. The van der Waals surface area contributed by atoms with Gasteiger partial charge in [0, 0.05) is 17.7 Å². The van der Waals surface area contributed by atoms with E-state index in [0.717, 1.165) is 24.3 Å². The molecule has 0 saturated carbocycles. The first kappa shape index (κ1) is 30.7. The molecule has 5 rings (SSSR count). The van der Waals surface area contributed by atoms with Crippen molar-refractivity contribution in [2.75, 3.05) is 6.61 Å². The summed E-state index contributed by atoms with van der Waals surface area (Å²) in [4.78, 5) is 13.6. The second-order valence-electron chi connectivity index (χ2n) is 10.3. The van der Waals surface area contributed by atoms with Crippen molar-refractivity contribution in [2.45, 2.75) is 68.3 Å². The van der Waals surface area contributed by atoms with Crippen LogP contribution in [0.25, 0.3) is 22.3 Å². The zero-order valence-electron chi connectivity index (χ0n) is 22.3. The van der Waals surface area contributed by atoms with Gasteiger partial charge in [-0.3, -0.25) is 4.79 Å². The summed E-state index contributed by atoms with van der Waals surface area (Å²) < 4.78 is 27.8. The van der Waals surface area contributed by atoms with E-state index in [4.69, 9.17) is 23.4 Å². The van der Waals surface area contributed by atoms with Crippen LogP contribution in [0.4, 0.5) is 0 Å². The molecule has 0 radical (unpaired) electrons. The Hall–Kier alpha value is -3.71. The second-order valence-corrected chi connectivity index (χ2v) is 10.3. The Morgan fingerprint density at radius 1 is 0.744 bits per heavy atom. The van der Waals surface area contributed by atoms with Gasteiger partial charge in [0.05, 0.1) is 12.7 Å². The largest absolute Gasteiger partial charge is 0.508 e. The maximum Gasteiger partial charge on any atom is 0.239 e. The van der Waals surface area contributed by atoms with Crippen molar-refractivity contribution in [1.29, 1.82) is 0 Å². The Morgan fingerprint density at radius 3 is 2.12 bits per heavy atom. The summed E-state index contributed by atoms with van der Waals surface area (Å²) in [5, 5.41) is 101. The van der Waals surface area contributed by atoms with E-state index in [2.05, 4.69) is 0 Å². The minimum atomic E-state index is -1.97. The predicted octanol–water partition coefficient (Wildman–Crippen LogP) is -1.69. The molecular formula is C27H30O16. The number of hydrogen-bond acceptors (Lipinski definition) is 16. The second kappa shape index (κ2) is 11.8. The molecule has 2 fully saturated rings. The van der Waals surface area contributed by atoms with E-state index in [9.17, 15) is 55.9 Å². The predicted molar refractivity (Wildman–Crippen MR) is 140 cm³/mol. The van der Waals surface area contributed by atoms with Gasteiger partial charge < -0.3 is 74.4 Å². The molecule has 2 aliphatic rings. The molecule has 3 aromatic rings. The SMILES string of the molecule is CC1OC(OCC2O[C@H](Oc3c(-c4ccc(O)c(O)c4)oc4cc(O)cc(O)c4c3=O)C(O)C(O)C2O)C(O)C(O)C1O. The van der Waals surface area contributed by atoms with Gasteiger partial charge in [0.25, 0.3) is 0 Å². The van der Waals surface area contributed by atoms with Crippen LogP contribution in [-0.4, -0.2) is 119 Å². The lowest BCUT2D eigenvalue weighted by atomic mass is 9.98. The van der Waals surface area contributed by atoms with Gasteiger partial charge in [0.1, 0.15) is 65.2 Å². The Labute approximate surface area is 241 Å². The number of aliphatic hydroxyl groups excluding tert-OH is 6. The molecule has 0 aliphatic carbocycles. The topological polar surface area (TPSA) is 269 Å². The van der Waals surface area contributed by atoms with Crippen molar-refractivity contribution in [2.24, 2.45) is 0 Å². The molecule has 16 nitrogen and oxygen atoms in total. The number of ether oxygens (including phenoxy) is 4. The number of phenolic OH excluding ortho intramolecular Hbond substituents is 4. The maximum absolute atomic E-state index is 13.6. The van der Waals surface area contributed by atoms with Crippen LogP contribution in [0.1, 0.15) is 6.92 Å². The molecule has 2 saturated heterocycles. The maximum atomic E-state index is 13.6. The monoisotopic (exact) mass is 610 g/mol. The molecule has 0 bridgehead atoms. The highest BCUT2D eigenvalue weighted by Crippen LogP contribution is 2.39. The highest BCUT2D eigenvalue weighted by Gasteiger charge is 2.47. The molecule has 0 amide bonds. The van der Waals surface area contributed by atoms with E-state index < -0.39 is 113 Å². The van der Waals surface area contributed by atoms with Gasteiger partial charge in [-0.15, -0.1) is 0 Å². The molecular weight excluding hydrogens is 580 g/mol. The summed E-state index contributed by atoms with van der Waals surface area (Å²) in [6.45, 7) is 0.818. The van der Waals surface area contributed by atoms with Gasteiger partial charge in [-0.1, -0.05) is 0 Å². The minimum absolute atomic E-state index is 0.0313. The molecule has 3 heterocycles. The van der Waals surface area contributed by atoms with Gasteiger partial charge in [0.2, 0.25) is 17.5 Å². The van der Waals surface area contributed by atoms with Crippen LogP contribution in [0, 0.1) is 0 Å². The number of benzene rings is 2. The van der Waals surface area contributed by atoms with Crippen LogP contribution in [0.3, 0.4) is 0 Å². The molecule has 16 heteroatoms. The fourth-order valence-electron chi connectivity index (χ4n) is 4.84. The lowest BCUT2D eigenvalue weighted by Gasteiger charge is -2.42. The van der Waals surface area contributed by atoms with Crippen molar-refractivity contribution >= 4 is 11.0 Å². The van der Waals surface area contributed by atoms with Gasteiger partial charge in [-0.25, -0.2) is 0 Å². The van der Waals surface area contributed by atoms with Crippen molar-refractivity contribution in [3.05, 3.63) is 40.6 Å². The van der Waals surface area contributed by atoms with E-state index in [0.29, 0.717) is 0 Å². The smallest absolute Gasteiger partial charge is 0.239 e. The van der Waals surface area contributed by atoms with Crippen LogP contribution in [-0.2, 0) is 14.2 Å². The third-order valence-corrected chi connectivity index (χ3v) is 7.29. The van der Waals surface area contributed by atoms with Crippen molar-refractivity contribution in [1.82, 2.24) is 0 Å². The van der Waals surface area contributed by atoms with Crippen molar-refractivity contribution in [3.8, 4) is 40.1 Å². The average Bonchev–Trinajstić information content (AvgIpc) is 2.96. The Bertz CT molecular complexity index is 1540. The van der Waals surface area contributed by atoms with Gasteiger partial charge in [-0.2, -0.15) is 0 Å². The minimum Gasteiger partial charge on any atom is -0.508 e.